The first-order valence-corrected chi connectivity index (χ1v) is 3.70. The molecule has 0 aromatic carbocycles. The lowest BCUT2D eigenvalue weighted by atomic mass is 10.4. The minimum atomic E-state index is 0.242. The van der Waals surface area contributed by atoms with Crippen LogP contribution < -0.4 is 4.74 Å². The molecule has 1 aromatic rings. The normalized spacial score (nSPS) is 9.23. The molecule has 0 aliphatic heterocycles. The first-order chi connectivity index (χ1) is 6.38. The van der Waals surface area contributed by atoms with Crippen LogP contribution in [0.4, 0.5) is 0 Å². The van der Waals surface area contributed by atoms with Gasteiger partial charge in [0, 0.05) is 7.11 Å². The van der Waals surface area contributed by atoms with E-state index in [1.807, 2.05) is 6.07 Å². The van der Waals surface area contributed by atoms with E-state index < -0.39 is 0 Å². The molecule has 0 N–H and O–H groups in total. The van der Waals surface area contributed by atoms with Crippen LogP contribution in [0.5, 0.6) is 5.75 Å². The molecule has 1 heterocycles. The van der Waals surface area contributed by atoms with Crippen LogP contribution in [-0.2, 0) is 4.74 Å². The SMILES string of the molecule is COCCOc1cncnc1C#N. The van der Waals surface area contributed by atoms with Gasteiger partial charge in [-0.2, -0.15) is 5.26 Å². The van der Waals surface area contributed by atoms with E-state index in [-0.39, 0.29) is 5.69 Å². The Labute approximate surface area is 76.0 Å². The fraction of sp³-hybridized carbons (Fsp3) is 0.375. The Morgan fingerprint density at radius 2 is 2.38 bits per heavy atom. The van der Waals surface area contributed by atoms with Crippen molar-refractivity contribution in [1.29, 1.82) is 5.26 Å². The average molecular weight is 179 g/mol. The van der Waals surface area contributed by atoms with Crippen molar-refractivity contribution in [3.8, 4) is 11.8 Å². The number of methoxy groups -OCH3 is 1. The van der Waals surface area contributed by atoms with Gasteiger partial charge in [0.1, 0.15) is 19.0 Å². The summed E-state index contributed by atoms with van der Waals surface area (Å²) < 4.78 is 9.98. The molecule has 1 aromatic heterocycles. The lowest BCUT2D eigenvalue weighted by molar-refractivity contribution is 0.145. The highest BCUT2D eigenvalue weighted by Crippen LogP contribution is 2.11. The summed E-state index contributed by atoms with van der Waals surface area (Å²) in [6.45, 7) is 0.859. The second kappa shape index (κ2) is 5.06. The van der Waals surface area contributed by atoms with E-state index in [9.17, 15) is 0 Å². The van der Waals surface area contributed by atoms with Crippen LogP contribution in [0.3, 0.4) is 0 Å². The molecule has 0 bridgehead atoms. The van der Waals surface area contributed by atoms with Gasteiger partial charge in [0.2, 0.25) is 0 Å². The summed E-state index contributed by atoms with van der Waals surface area (Å²) >= 11 is 0. The minimum absolute atomic E-state index is 0.242. The number of aromatic nitrogens is 2. The van der Waals surface area contributed by atoms with Gasteiger partial charge in [0.15, 0.2) is 11.4 Å². The van der Waals surface area contributed by atoms with Crippen LogP contribution >= 0.6 is 0 Å². The summed E-state index contributed by atoms with van der Waals surface area (Å²) in [5, 5.41) is 8.62. The smallest absolute Gasteiger partial charge is 0.185 e. The molecule has 0 spiro atoms. The third-order valence-corrected chi connectivity index (χ3v) is 1.33. The van der Waals surface area contributed by atoms with Crippen molar-refractivity contribution in [3.63, 3.8) is 0 Å². The van der Waals surface area contributed by atoms with Crippen LogP contribution in [-0.4, -0.2) is 30.3 Å². The maximum absolute atomic E-state index is 8.62. The number of rotatable bonds is 4. The second-order valence-corrected chi connectivity index (χ2v) is 2.19. The highest BCUT2D eigenvalue weighted by molar-refractivity contribution is 5.33. The minimum Gasteiger partial charge on any atom is -0.486 e. The monoisotopic (exact) mass is 179 g/mol. The molecule has 0 aliphatic carbocycles. The van der Waals surface area contributed by atoms with E-state index in [1.54, 1.807) is 7.11 Å². The van der Waals surface area contributed by atoms with E-state index in [1.165, 1.54) is 12.5 Å². The van der Waals surface area contributed by atoms with Crippen molar-refractivity contribution in [2.75, 3.05) is 20.3 Å². The predicted molar refractivity (Wildman–Crippen MR) is 44.1 cm³/mol. The zero-order valence-corrected chi connectivity index (χ0v) is 7.23. The van der Waals surface area contributed by atoms with Crippen LogP contribution in [0.2, 0.25) is 0 Å². The van der Waals surface area contributed by atoms with E-state index in [0.29, 0.717) is 19.0 Å². The Bertz CT molecular complexity index is 309. The largest absolute Gasteiger partial charge is 0.486 e. The zero-order valence-electron chi connectivity index (χ0n) is 7.23. The third-order valence-electron chi connectivity index (χ3n) is 1.33. The van der Waals surface area contributed by atoms with Gasteiger partial charge in [0.05, 0.1) is 12.8 Å². The number of hydrogen-bond donors (Lipinski definition) is 0. The van der Waals surface area contributed by atoms with Gasteiger partial charge in [-0.25, -0.2) is 9.97 Å². The summed E-state index contributed by atoms with van der Waals surface area (Å²) in [5.74, 6) is 0.391. The highest BCUT2D eigenvalue weighted by Gasteiger charge is 2.02. The fourth-order valence-corrected chi connectivity index (χ4v) is 0.741. The number of ether oxygens (including phenoxy) is 2. The lowest BCUT2D eigenvalue weighted by Gasteiger charge is -2.04. The number of nitriles is 1. The van der Waals surface area contributed by atoms with Crippen molar-refractivity contribution in [1.82, 2.24) is 9.97 Å². The summed E-state index contributed by atoms with van der Waals surface area (Å²) in [4.78, 5) is 7.48. The van der Waals surface area contributed by atoms with Gasteiger partial charge < -0.3 is 9.47 Å². The molecule has 68 valence electrons. The summed E-state index contributed by atoms with van der Waals surface area (Å²) in [5.41, 5.74) is 0.242. The topological polar surface area (TPSA) is 68.0 Å². The molecule has 5 heteroatoms. The third kappa shape index (κ3) is 2.69. The number of hydrogen-bond acceptors (Lipinski definition) is 5. The summed E-state index contributed by atoms with van der Waals surface area (Å²) in [7, 11) is 1.58. The molecule has 0 atom stereocenters. The molecule has 0 saturated heterocycles. The standard InChI is InChI=1S/C8H9N3O2/c1-12-2-3-13-8-5-10-6-11-7(8)4-9/h5-6H,2-3H2,1H3. The Hall–Kier alpha value is -1.67. The zero-order chi connectivity index (χ0) is 9.52. The molecule has 0 amide bonds. The molecule has 0 unspecified atom stereocenters. The van der Waals surface area contributed by atoms with Crippen molar-refractivity contribution in [3.05, 3.63) is 18.2 Å². The molecule has 0 radical (unpaired) electrons. The highest BCUT2D eigenvalue weighted by atomic mass is 16.5. The Kier molecular flexibility index (Phi) is 3.67. The molecular weight excluding hydrogens is 170 g/mol. The van der Waals surface area contributed by atoms with Crippen LogP contribution in [0.15, 0.2) is 12.5 Å². The van der Waals surface area contributed by atoms with Crippen LogP contribution in [0.25, 0.3) is 0 Å². The molecule has 5 nitrogen and oxygen atoms in total. The summed E-state index contributed by atoms with van der Waals surface area (Å²) in [6, 6.07) is 1.91. The predicted octanol–water partition coefficient (Wildman–Crippen LogP) is 0.373. The maximum atomic E-state index is 8.62. The van der Waals surface area contributed by atoms with Gasteiger partial charge in [-0.1, -0.05) is 0 Å². The average Bonchev–Trinajstić information content (AvgIpc) is 2.19. The molecule has 13 heavy (non-hydrogen) atoms. The Balaban J connectivity index is 2.60. The van der Waals surface area contributed by atoms with Crippen molar-refractivity contribution in [2.45, 2.75) is 0 Å². The van der Waals surface area contributed by atoms with Gasteiger partial charge in [-0.05, 0) is 0 Å². The van der Waals surface area contributed by atoms with Gasteiger partial charge in [-0.15, -0.1) is 0 Å². The van der Waals surface area contributed by atoms with Crippen molar-refractivity contribution >= 4 is 0 Å². The maximum Gasteiger partial charge on any atom is 0.185 e. The van der Waals surface area contributed by atoms with E-state index in [2.05, 4.69) is 9.97 Å². The Morgan fingerprint density at radius 1 is 1.54 bits per heavy atom. The van der Waals surface area contributed by atoms with Crippen LogP contribution in [0.1, 0.15) is 5.69 Å². The van der Waals surface area contributed by atoms with Gasteiger partial charge in [-0.3, -0.25) is 0 Å². The molecule has 1 rings (SSSR count). The van der Waals surface area contributed by atoms with Crippen molar-refractivity contribution < 1.29 is 9.47 Å². The molecule has 0 aliphatic rings. The quantitative estimate of drug-likeness (QED) is 0.625. The van der Waals surface area contributed by atoms with Crippen molar-refractivity contribution in [2.24, 2.45) is 0 Å². The van der Waals surface area contributed by atoms with E-state index in [0.717, 1.165) is 0 Å². The van der Waals surface area contributed by atoms with Crippen LogP contribution in [0, 0.1) is 11.3 Å². The first kappa shape index (κ1) is 9.42. The van der Waals surface area contributed by atoms with E-state index >= 15 is 0 Å². The van der Waals surface area contributed by atoms with Gasteiger partial charge >= 0.3 is 0 Å². The molecule has 0 fully saturated rings. The summed E-state index contributed by atoms with van der Waals surface area (Å²) in [6.07, 6.45) is 2.77. The van der Waals surface area contributed by atoms with E-state index in [4.69, 9.17) is 14.7 Å². The fourth-order valence-electron chi connectivity index (χ4n) is 0.741. The first-order valence-electron chi connectivity index (χ1n) is 3.70. The molecular formula is C8H9N3O2. The number of nitrogens with zero attached hydrogens (tertiary/aromatic N) is 3. The lowest BCUT2D eigenvalue weighted by Crippen LogP contribution is -2.06. The second-order valence-electron chi connectivity index (χ2n) is 2.19. The van der Waals surface area contributed by atoms with Gasteiger partial charge in [0.25, 0.3) is 0 Å². The molecule has 0 saturated carbocycles. The Morgan fingerprint density at radius 3 is 3.08 bits per heavy atom.